The van der Waals surface area contributed by atoms with Crippen LogP contribution in [0.4, 0.5) is 0 Å². The van der Waals surface area contributed by atoms with E-state index in [1.165, 1.54) is 6.42 Å². The number of rotatable bonds is 3. The molecule has 2 aliphatic rings. The highest BCUT2D eigenvalue weighted by atomic mass is 16.1. The summed E-state index contributed by atoms with van der Waals surface area (Å²) in [6.07, 6.45) is 5.02. The van der Waals surface area contributed by atoms with Crippen LogP contribution in [0.1, 0.15) is 35.8 Å². The van der Waals surface area contributed by atoms with Crippen LogP contribution in [0.25, 0.3) is 0 Å². The lowest BCUT2D eigenvalue weighted by atomic mass is 9.81. The quantitative estimate of drug-likeness (QED) is 0.727. The van der Waals surface area contributed by atoms with E-state index in [9.17, 15) is 4.79 Å². The lowest BCUT2D eigenvalue weighted by Gasteiger charge is -2.26. The Morgan fingerprint density at radius 2 is 2.27 bits per heavy atom. The molecule has 0 bridgehead atoms. The summed E-state index contributed by atoms with van der Waals surface area (Å²) in [5.41, 5.74) is 0.548. The summed E-state index contributed by atoms with van der Waals surface area (Å²) < 4.78 is 1.81. The highest BCUT2D eigenvalue weighted by molar-refractivity contribution is 5.96. The molecule has 80 valence electrons. The predicted molar refractivity (Wildman–Crippen MR) is 53.6 cm³/mol. The van der Waals surface area contributed by atoms with Crippen LogP contribution in [-0.4, -0.2) is 33.9 Å². The van der Waals surface area contributed by atoms with E-state index in [0.717, 1.165) is 25.9 Å². The molecule has 2 fully saturated rings. The van der Waals surface area contributed by atoms with Crippen LogP contribution >= 0.6 is 0 Å². The molecule has 1 aliphatic heterocycles. The molecule has 5 heteroatoms. The molecule has 0 radical (unpaired) electrons. The Labute approximate surface area is 87.8 Å². The minimum absolute atomic E-state index is 0.180. The van der Waals surface area contributed by atoms with Gasteiger partial charge in [-0.2, -0.15) is 0 Å². The van der Waals surface area contributed by atoms with Crippen molar-refractivity contribution in [3.8, 4) is 0 Å². The van der Waals surface area contributed by atoms with E-state index in [2.05, 4.69) is 15.6 Å². The Morgan fingerprint density at radius 3 is 2.80 bits per heavy atom. The van der Waals surface area contributed by atoms with Crippen molar-refractivity contribution in [3.05, 3.63) is 11.9 Å². The van der Waals surface area contributed by atoms with E-state index in [0.29, 0.717) is 11.7 Å². The van der Waals surface area contributed by atoms with Crippen molar-refractivity contribution in [2.75, 3.05) is 13.1 Å². The maximum absolute atomic E-state index is 11.8. The third kappa shape index (κ3) is 1.47. The molecular formula is C10H14N4O. The van der Waals surface area contributed by atoms with Gasteiger partial charge in [0.05, 0.1) is 12.2 Å². The Morgan fingerprint density at radius 1 is 1.47 bits per heavy atom. The first-order chi connectivity index (χ1) is 7.34. The van der Waals surface area contributed by atoms with Gasteiger partial charge in [0.1, 0.15) is 5.69 Å². The molecule has 3 rings (SSSR count). The maximum Gasteiger partial charge on any atom is 0.187 e. The van der Waals surface area contributed by atoms with Gasteiger partial charge >= 0.3 is 0 Å². The molecule has 1 saturated carbocycles. The maximum atomic E-state index is 11.8. The van der Waals surface area contributed by atoms with Gasteiger partial charge in [0.2, 0.25) is 0 Å². The lowest BCUT2D eigenvalue weighted by Crippen LogP contribution is -2.43. The van der Waals surface area contributed by atoms with Crippen LogP contribution < -0.4 is 5.32 Å². The molecule has 5 nitrogen and oxygen atoms in total. The zero-order chi connectivity index (χ0) is 10.3. The lowest BCUT2D eigenvalue weighted by molar-refractivity contribution is 0.0849. The molecule has 1 aliphatic carbocycles. The number of nitrogens with zero attached hydrogens (tertiary/aromatic N) is 3. The van der Waals surface area contributed by atoms with Crippen LogP contribution in [0.5, 0.6) is 0 Å². The summed E-state index contributed by atoms with van der Waals surface area (Å²) in [5.74, 6) is 0.398. The van der Waals surface area contributed by atoms with Crippen molar-refractivity contribution in [2.24, 2.45) is 5.92 Å². The van der Waals surface area contributed by atoms with Crippen molar-refractivity contribution < 1.29 is 4.79 Å². The van der Waals surface area contributed by atoms with Crippen molar-refractivity contribution in [2.45, 2.75) is 25.3 Å². The largest absolute Gasteiger partial charge is 0.312 e. The zero-order valence-electron chi connectivity index (χ0n) is 8.52. The van der Waals surface area contributed by atoms with Gasteiger partial charge in [-0.15, -0.1) is 5.10 Å². The monoisotopic (exact) mass is 206 g/mol. The molecule has 1 aromatic heterocycles. The van der Waals surface area contributed by atoms with Crippen molar-refractivity contribution >= 4 is 5.78 Å². The minimum Gasteiger partial charge on any atom is -0.312 e. The SMILES string of the molecule is O=C(c1cn(C2CNC2)nn1)C1CCC1. The second-order valence-corrected chi connectivity index (χ2v) is 4.39. The number of carbonyl (C=O) groups is 1. The van der Waals surface area contributed by atoms with Crippen LogP contribution in [0.2, 0.25) is 0 Å². The number of aromatic nitrogens is 3. The predicted octanol–water partition coefficient (Wildman–Crippen LogP) is 0.405. The van der Waals surface area contributed by atoms with Gasteiger partial charge in [-0.3, -0.25) is 4.79 Å². The third-order valence-corrected chi connectivity index (χ3v) is 3.37. The number of hydrogen-bond donors (Lipinski definition) is 1. The van der Waals surface area contributed by atoms with Crippen molar-refractivity contribution in [1.82, 2.24) is 20.3 Å². The fraction of sp³-hybridized carbons (Fsp3) is 0.700. The smallest absolute Gasteiger partial charge is 0.187 e. The van der Waals surface area contributed by atoms with Gasteiger partial charge in [-0.1, -0.05) is 11.6 Å². The Hall–Kier alpha value is -1.23. The van der Waals surface area contributed by atoms with Crippen LogP contribution in [0.3, 0.4) is 0 Å². The number of hydrogen-bond acceptors (Lipinski definition) is 4. The summed E-state index contributed by atoms with van der Waals surface area (Å²) in [5, 5.41) is 11.1. The number of nitrogens with one attached hydrogen (secondary N) is 1. The van der Waals surface area contributed by atoms with E-state index >= 15 is 0 Å². The second kappa shape index (κ2) is 3.41. The molecule has 0 atom stereocenters. The topological polar surface area (TPSA) is 59.8 Å². The molecule has 1 N–H and O–H groups in total. The first-order valence-corrected chi connectivity index (χ1v) is 5.51. The van der Waals surface area contributed by atoms with E-state index in [-0.39, 0.29) is 11.7 Å². The summed E-state index contributed by atoms with van der Waals surface area (Å²) in [4.78, 5) is 11.8. The van der Waals surface area contributed by atoms with E-state index in [4.69, 9.17) is 0 Å². The molecular weight excluding hydrogens is 192 g/mol. The Balaban J connectivity index is 1.74. The highest BCUT2D eigenvalue weighted by Crippen LogP contribution is 2.29. The average molecular weight is 206 g/mol. The Bertz CT molecular complexity index is 379. The van der Waals surface area contributed by atoms with Gasteiger partial charge in [-0.05, 0) is 12.8 Å². The summed E-state index contributed by atoms with van der Waals surface area (Å²) in [7, 11) is 0. The standard InChI is InChI=1S/C10H14N4O/c15-10(7-2-1-3-7)9-6-14(13-12-9)8-4-11-5-8/h6-8,11H,1-5H2. The molecule has 1 saturated heterocycles. The van der Waals surface area contributed by atoms with Crippen LogP contribution in [0, 0.1) is 5.92 Å². The van der Waals surface area contributed by atoms with E-state index < -0.39 is 0 Å². The third-order valence-electron chi connectivity index (χ3n) is 3.37. The Kier molecular flexibility index (Phi) is 2.05. The number of carbonyl (C=O) groups excluding carboxylic acids is 1. The van der Waals surface area contributed by atoms with Gasteiger partial charge < -0.3 is 5.32 Å². The van der Waals surface area contributed by atoms with E-state index in [1.807, 2.05) is 4.68 Å². The van der Waals surface area contributed by atoms with Gasteiger partial charge in [-0.25, -0.2) is 4.68 Å². The number of Topliss-reactive ketones (excluding diaryl/α,β-unsaturated/α-hetero) is 1. The fourth-order valence-electron chi connectivity index (χ4n) is 1.91. The first kappa shape index (κ1) is 9.03. The first-order valence-electron chi connectivity index (χ1n) is 5.51. The zero-order valence-corrected chi connectivity index (χ0v) is 8.52. The van der Waals surface area contributed by atoms with Crippen molar-refractivity contribution in [3.63, 3.8) is 0 Å². The minimum atomic E-state index is 0.180. The molecule has 0 unspecified atom stereocenters. The second-order valence-electron chi connectivity index (χ2n) is 4.39. The van der Waals surface area contributed by atoms with Gasteiger partial charge in [0, 0.05) is 19.0 Å². The number of ketones is 1. The molecule has 1 aromatic rings. The van der Waals surface area contributed by atoms with Crippen LogP contribution in [0.15, 0.2) is 6.20 Å². The van der Waals surface area contributed by atoms with Gasteiger partial charge in [0.15, 0.2) is 5.78 Å². The molecule has 0 spiro atoms. The average Bonchev–Trinajstić information content (AvgIpc) is 2.46. The van der Waals surface area contributed by atoms with Gasteiger partial charge in [0.25, 0.3) is 0 Å². The summed E-state index contributed by atoms with van der Waals surface area (Å²) in [6.45, 7) is 1.86. The molecule has 0 amide bonds. The van der Waals surface area contributed by atoms with Crippen molar-refractivity contribution in [1.29, 1.82) is 0 Å². The summed E-state index contributed by atoms with van der Waals surface area (Å²) >= 11 is 0. The highest BCUT2D eigenvalue weighted by Gasteiger charge is 2.29. The van der Waals surface area contributed by atoms with Crippen LogP contribution in [-0.2, 0) is 0 Å². The van der Waals surface area contributed by atoms with E-state index in [1.54, 1.807) is 6.20 Å². The molecule has 15 heavy (non-hydrogen) atoms. The molecule has 0 aromatic carbocycles. The fourth-order valence-corrected chi connectivity index (χ4v) is 1.91. The normalized spacial score (nSPS) is 22.1. The summed E-state index contributed by atoms with van der Waals surface area (Å²) in [6, 6.07) is 0.389. The molecule has 2 heterocycles.